The first kappa shape index (κ1) is 23.1. The molecule has 0 aliphatic rings. The van der Waals surface area contributed by atoms with E-state index >= 15 is 0 Å². The molecule has 0 heterocycles. The van der Waals surface area contributed by atoms with Gasteiger partial charge in [-0.2, -0.15) is 0 Å². The molecule has 7 heteroatoms. The standard InChI is InChI=1S/C14H21O6.K.H/c1-4-12(17)20-13(9(2)3)10(14(18)19)7-5-6-8-11(15)16;;/h4,9-10,13H,1-2,5-8H2,3H3,(H,15,16)(H,18,19);;. The zero-order valence-corrected chi connectivity index (χ0v) is 11.6. The van der Waals surface area contributed by atoms with Crippen LogP contribution < -0.4 is 0 Å². The molecule has 21 heavy (non-hydrogen) atoms. The second-order valence-electron chi connectivity index (χ2n) is 4.67. The quantitative estimate of drug-likeness (QED) is 0.271. The van der Waals surface area contributed by atoms with Crippen LogP contribution in [0.1, 0.15) is 32.6 Å². The summed E-state index contributed by atoms with van der Waals surface area (Å²) in [5.41, 5.74) is 0. The molecule has 0 saturated heterocycles. The molecule has 115 valence electrons. The molecule has 0 aromatic heterocycles. The first-order chi connectivity index (χ1) is 9.29. The van der Waals surface area contributed by atoms with Crippen molar-refractivity contribution in [1.82, 2.24) is 0 Å². The van der Waals surface area contributed by atoms with Crippen LogP contribution in [0.15, 0.2) is 12.7 Å². The number of carboxylic acids is 2. The summed E-state index contributed by atoms with van der Waals surface area (Å²) in [6.07, 6.45) is 1.15. The van der Waals surface area contributed by atoms with Crippen LogP contribution in [0.4, 0.5) is 0 Å². The Morgan fingerprint density at radius 3 is 2.19 bits per heavy atom. The number of hydrogen-bond donors (Lipinski definition) is 2. The van der Waals surface area contributed by atoms with Crippen molar-refractivity contribution in [1.29, 1.82) is 0 Å². The first-order valence-electron chi connectivity index (χ1n) is 6.40. The number of carboxylic acid groups (broad SMARTS) is 2. The summed E-state index contributed by atoms with van der Waals surface area (Å²) in [7, 11) is 0. The molecule has 1 radical (unpaired) electrons. The van der Waals surface area contributed by atoms with Gasteiger partial charge in [0.25, 0.3) is 0 Å². The Morgan fingerprint density at radius 2 is 1.81 bits per heavy atom. The molecule has 0 amide bonds. The Bertz CT molecular complexity index is 366. The SMILES string of the molecule is [CH2]C(C)C(OC(=O)C=C)C(CCCCC(=O)O)C(=O)O.[KH]. The first-order valence-corrected chi connectivity index (χ1v) is 6.40. The second kappa shape index (κ2) is 12.3. The molecule has 0 bridgehead atoms. The summed E-state index contributed by atoms with van der Waals surface area (Å²) >= 11 is 0. The third-order valence-corrected chi connectivity index (χ3v) is 2.85. The molecule has 0 fully saturated rings. The zero-order valence-electron chi connectivity index (χ0n) is 11.6. The topological polar surface area (TPSA) is 101 Å². The van der Waals surface area contributed by atoms with Crippen LogP contribution in [0, 0.1) is 18.8 Å². The minimum atomic E-state index is -1.09. The number of carbonyl (C=O) groups is 3. The van der Waals surface area contributed by atoms with Crippen LogP contribution >= 0.6 is 0 Å². The maximum atomic E-state index is 11.3. The molecule has 0 aliphatic heterocycles. The summed E-state index contributed by atoms with van der Waals surface area (Å²) in [5, 5.41) is 17.8. The van der Waals surface area contributed by atoms with Crippen LogP contribution in [0.5, 0.6) is 0 Å². The molecule has 6 nitrogen and oxygen atoms in total. The molecule has 0 aromatic rings. The average Bonchev–Trinajstić information content (AvgIpc) is 2.35. The number of aliphatic carboxylic acids is 2. The molecule has 0 aliphatic carbocycles. The van der Waals surface area contributed by atoms with Crippen LogP contribution in [-0.4, -0.2) is 85.6 Å². The van der Waals surface area contributed by atoms with E-state index in [2.05, 4.69) is 13.5 Å². The molecule has 0 aromatic carbocycles. The monoisotopic (exact) mass is 325 g/mol. The summed E-state index contributed by atoms with van der Waals surface area (Å²) in [4.78, 5) is 32.9. The maximum absolute atomic E-state index is 11.3. The molecule has 3 atom stereocenters. The van der Waals surface area contributed by atoms with E-state index in [0.717, 1.165) is 6.08 Å². The number of hydrogen-bond acceptors (Lipinski definition) is 4. The van der Waals surface area contributed by atoms with Crippen molar-refractivity contribution in [2.45, 2.75) is 38.7 Å². The molecule has 3 unspecified atom stereocenters. The van der Waals surface area contributed by atoms with Crippen LogP contribution in [0.25, 0.3) is 0 Å². The zero-order chi connectivity index (χ0) is 15.7. The number of unbranched alkanes of at least 4 members (excludes halogenated alkanes) is 1. The van der Waals surface area contributed by atoms with Gasteiger partial charge in [-0.05, 0) is 25.7 Å². The van der Waals surface area contributed by atoms with Crippen LogP contribution in [-0.2, 0) is 19.1 Å². The van der Waals surface area contributed by atoms with Crippen molar-refractivity contribution in [2.75, 3.05) is 0 Å². The number of rotatable bonds is 10. The van der Waals surface area contributed by atoms with Gasteiger partial charge in [0.05, 0.1) is 5.92 Å². The third kappa shape index (κ3) is 10.2. The van der Waals surface area contributed by atoms with Crippen molar-refractivity contribution in [3.8, 4) is 0 Å². The second-order valence-corrected chi connectivity index (χ2v) is 4.67. The van der Waals surface area contributed by atoms with E-state index in [0.29, 0.717) is 12.8 Å². The van der Waals surface area contributed by atoms with Crippen molar-refractivity contribution in [3.05, 3.63) is 19.6 Å². The van der Waals surface area contributed by atoms with Gasteiger partial charge in [0.15, 0.2) is 0 Å². The van der Waals surface area contributed by atoms with Crippen molar-refractivity contribution in [2.24, 2.45) is 11.8 Å². The fraction of sp³-hybridized carbons (Fsp3) is 0.571. The summed E-state index contributed by atoms with van der Waals surface area (Å²) in [6, 6.07) is 0. The van der Waals surface area contributed by atoms with E-state index < -0.39 is 35.8 Å². The van der Waals surface area contributed by atoms with E-state index in [1.54, 1.807) is 6.92 Å². The Hall–Kier alpha value is -0.214. The molecule has 0 spiro atoms. The fourth-order valence-electron chi connectivity index (χ4n) is 1.85. The van der Waals surface area contributed by atoms with Gasteiger partial charge in [-0.3, -0.25) is 9.59 Å². The molecular weight excluding hydrogens is 303 g/mol. The summed E-state index contributed by atoms with van der Waals surface area (Å²) in [6.45, 7) is 8.64. The van der Waals surface area contributed by atoms with Gasteiger partial charge >= 0.3 is 69.3 Å². The summed E-state index contributed by atoms with van der Waals surface area (Å²) < 4.78 is 5.05. The molecule has 2 N–H and O–H groups in total. The van der Waals surface area contributed by atoms with E-state index in [1.165, 1.54) is 0 Å². The number of ether oxygens (including phenoxy) is 1. The van der Waals surface area contributed by atoms with Gasteiger partial charge < -0.3 is 14.9 Å². The normalized spacial score (nSPS) is 12.9. The molecule has 0 rings (SSSR count). The van der Waals surface area contributed by atoms with Crippen LogP contribution in [0.2, 0.25) is 0 Å². The van der Waals surface area contributed by atoms with E-state index in [9.17, 15) is 19.5 Å². The van der Waals surface area contributed by atoms with Gasteiger partial charge in [0, 0.05) is 12.5 Å². The third-order valence-electron chi connectivity index (χ3n) is 2.85. The predicted molar refractivity (Wildman–Crippen MR) is 79.0 cm³/mol. The predicted octanol–water partition coefficient (Wildman–Crippen LogP) is 1.25. The Kier molecular flexibility index (Phi) is 13.6. The minimum absolute atomic E-state index is 0. The summed E-state index contributed by atoms with van der Waals surface area (Å²) in [5.74, 6) is -4.00. The average molecular weight is 325 g/mol. The van der Waals surface area contributed by atoms with Gasteiger partial charge in [-0.25, -0.2) is 4.79 Å². The Morgan fingerprint density at radius 1 is 1.24 bits per heavy atom. The fourth-order valence-corrected chi connectivity index (χ4v) is 1.85. The number of carbonyl (C=O) groups excluding carboxylic acids is 1. The van der Waals surface area contributed by atoms with Gasteiger partial charge in [0.1, 0.15) is 6.10 Å². The van der Waals surface area contributed by atoms with E-state index in [4.69, 9.17) is 9.84 Å². The number of esters is 1. The Balaban J connectivity index is 0. The van der Waals surface area contributed by atoms with Gasteiger partial charge in [0.2, 0.25) is 0 Å². The van der Waals surface area contributed by atoms with E-state index in [1.807, 2.05) is 0 Å². The van der Waals surface area contributed by atoms with Crippen molar-refractivity contribution < 1.29 is 29.3 Å². The van der Waals surface area contributed by atoms with E-state index in [-0.39, 0.29) is 64.2 Å². The Labute approximate surface area is 167 Å². The van der Waals surface area contributed by atoms with Crippen LogP contribution in [0.3, 0.4) is 0 Å². The molecule has 0 saturated carbocycles. The van der Waals surface area contributed by atoms with Crippen molar-refractivity contribution >= 4 is 69.3 Å². The van der Waals surface area contributed by atoms with Gasteiger partial charge in [-0.1, -0.05) is 19.9 Å². The van der Waals surface area contributed by atoms with Crippen molar-refractivity contribution in [3.63, 3.8) is 0 Å². The molecular formula is C14H22KO6. The van der Waals surface area contributed by atoms with Gasteiger partial charge in [-0.15, -0.1) is 0 Å².